The van der Waals surface area contributed by atoms with Gasteiger partial charge < -0.3 is 4.98 Å². The van der Waals surface area contributed by atoms with E-state index in [1.807, 2.05) is 0 Å². The standard InChI is InChI=1S/C5H6N2O2S/c1-4-2-3-6-5(7-4)10(8)9/h2-3,6H,1H3. The molecular weight excluding hydrogens is 152 g/mol. The predicted octanol–water partition coefficient (Wildman–Crippen LogP) is 0.129. The van der Waals surface area contributed by atoms with Crippen molar-refractivity contribution < 1.29 is 8.42 Å². The van der Waals surface area contributed by atoms with Crippen LogP contribution in [0.2, 0.25) is 0 Å². The third kappa shape index (κ3) is 1.44. The zero-order valence-electron chi connectivity index (χ0n) is 5.33. The van der Waals surface area contributed by atoms with Gasteiger partial charge in [-0.2, -0.15) is 8.42 Å². The van der Waals surface area contributed by atoms with Gasteiger partial charge in [0.1, 0.15) is 0 Å². The van der Waals surface area contributed by atoms with Crippen molar-refractivity contribution in [1.29, 1.82) is 0 Å². The maximum atomic E-state index is 10.3. The second-order valence-electron chi connectivity index (χ2n) is 1.77. The first-order chi connectivity index (χ1) is 4.70. The number of H-pyrrole nitrogens is 1. The monoisotopic (exact) mass is 158 g/mol. The molecule has 1 heterocycles. The van der Waals surface area contributed by atoms with E-state index in [4.69, 9.17) is 0 Å². The minimum atomic E-state index is -2.26. The van der Waals surface area contributed by atoms with E-state index >= 15 is 0 Å². The Morgan fingerprint density at radius 1 is 1.60 bits per heavy atom. The second kappa shape index (κ2) is 2.66. The van der Waals surface area contributed by atoms with Crippen LogP contribution < -0.4 is 0 Å². The summed E-state index contributed by atoms with van der Waals surface area (Å²) in [4.78, 5) is 6.19. The number of aromatic amines is 1. The van der Waals surface area contributed by atoms with Crippen LogP contribution in [0.25, 0.3) is 0 Å². The Labute approximate surface area is 59.1 Å². The SMILES string of the molecule is Cc1cc[nH]c(=S(=O)=O)n1. The summed E-state index contributed by atoms with van der Waals surface area (Å²) < 4.78 is 20.5. The van der Waals surface area contributed by atoms with E-state index < -0.39 is 10.3 Å². The highest BCUT2D eigenvalue weighted by molar-refractivity contribution is 7.63. The number of nitrogens with zero attached hydrogens (tertiary/aromatic N) is 1. The van der Waals surface area contributed by atoms with Crippen LogP contribution in [-0.4, -0.2) is 18.4 Å². The molecule has 4 nitrogen and oxygen atoms in total. The van der Waals surface area contributed by atoms with Crippen LogP contribution in [0.15, 0.2) is 12.3 Å². The molecule has 0 aromatic carbocycles. The van der Waals surface area contributed by atoms with Gasteiger partial charge in [0.05, 0.1) is 0 Å². The van der Waals surface area contributed by atoms with Crippen molar-refractivity contribution in [3.8, 4) is 0 Å². The maximum Gasteiger partial charge on any atom is 0.258 e. The van der Waals surface area contributed by atoms with Gasteiger partial charge in [0.25, 0.3) is 15.1 Å². The highest BCUT2D eigenvalue weighted by atomic mass is 32.2. The van der Waals surface area contributed by atoms with E-state index in [1.54, 1.807) is 13.0 Å². The van der Waals surface area contributed by atoms with Crippen LogP contribution >= 0.6 is 0 Å². The zero-order valence-corrected chi connectivity index (χ0v) is 6.14. The molecule has 0 spiro atoms. The molecule has 1 N–H and O–H groups in total. The van der Waals surface area contributed by atoms with Crippen molar-refractivity contribution in [3.63, 3.8) is 0 Å². The highest BCUT2D eigenvalue weighted by Gasteiger charge is 1.83. The molecule has 0 fully saturated rings. The van der Waals surface area contributed by atoms with Crippen molar-refractivity contribution in [2.45, 2.75) is 6.92 Å². The fourth-order valence-corrected chi connectivity index (χ4v) is 0.931. The summed E-state index contributed by atoms with van der Waals surface area (Å²) >= 11 is 0. The number of aryl methyl sites for hydroxylation is 1. The molecule has 0 bridgehead atoms. The predicted molar refractivity (Wildman–Crippen MR) is 35.5 cm³/mol. The number of hydrogen-bond acceptors (Lipinski definition) is 3. The molecule has 0 saturated carbocycles. The lowest BCUT2D eigenvalue weighted by atomic mass is 10.5. The molecule has 1 aromatic rings. The Hall–Kier alpha value is -1.10. The Morgan fingerprint density at radius 3 is 2.70 bits per heavy atom. The van der Waals surface area contributed by atoms with E-state index in [0.29, 0.717) is 5.69 Å². The molecule has 0 unspecified atom stereocenters. The maximum absolute atomic E-state index is 10.3. The van der Waals surface area contributed by atoms with Gasteiger partial charge in [-0.15, -0.1) is 0 Å². The van der Waals surface area contributed by atoms with Crippen LogP contribution in [0.5, 0.6) is 0 Å². The third-order valence-electron chi connectivity index (χ3n) is 0.967. The molecule has 10 heavy (non-hydrogen) atoms. The summed E-state index contributed by atoms with van der Waals surface area (Å²) in [6.07, 6.45) is 1.54. The van der Waals surface area contributed by atoms with Crippen molar-refractivity contribution in [2.75, 3.05) is 0 Å². The van der Waals surface area contributed by atoms with Crippen molar-refractivity contribution >= 4 is 10.3 Å². The van der Waals surface area contributed by atoms with E-state index in [1.165, 1.54) is 6.20 Å². The molecule has 0 atom stereocenters. The number of nitrogens with one attached hydrogen (secondary N) is 1. The van der Waals surface area contributed by atoms with Crippen LogP contribution in [0.3, 0.4) is 0 Å². The van der Waals surface area contributed by atoms with Gasteiger partial charge >= 0.3 is 0 Å². The van der Waals surface area contributed by atoms with Crippen LogP contribution in [0.1, 0.15) is 5.69 Å². The lowest BCUT2D eigenvalue weighted by Crippen LogP contribution is -1.85. The van der Waals surface area contributed by atoms with Crippen LogP contribution in [-0.2, 0) is 10.3 Å². The highest BCUT2D eigenvalue weighted by Crippen LogP contribution is 1.85. The third-order valence-corrected chi connectivity index (χ3v) is 1.49. The van der Waals surface area contributed by atoms with Gasteiger partial charge in [-0.05, 0) is 13.0 Å². The normalized spacial score (nSPS) is 9.30. The lowest BCUT2D eigenvalue weighted by Gasteiger charge is -1.85. The number of rotatable bonds is 0. The van der Waals surface area contributed by atoms with Gasteiger partial charge in [-0.3, -0.25) is 0 Å². The molecule has 0 aliphatic carbocycles. The average Bonchev–Trinajstić information content (AvgIpc) is 1.88. The largest absolute Gasteiger partial charge is 0.334 e. The fraction of sp³-hybridized carbons (Fsp3) is 0.200. The molecule has 54 valence electrons. The first-order valence-corrected chi connectivity index (χ1v) is 3.72. The first kappa shape index (κ1) is 7.01. The second-order valence-corrected chi connectivity index (χ2v) is 2.63. The quantitative estimate of drug-likeness (QED) is 0.546. The lowest BCUT2D eigenvalue weighted by molar-refractivity contribution is 0.623. The molecule has 5 heteroatoms. The van der Waals surface area contributed by atoms with Gasteiger partial charge in [0.2, 0.25) is 0 Å². The molecule has 1 aromatic heterocycles. The fourth-order valence-electron chi connectivity index (χ4n) is 0.549. The van der Waals surface area contributed by atoms with Crippen molar-refractivity contribution in [1.82, 2.24) is 9.97 Å². The smallest absolute Gasteiger partial charge is 0.258 e. The van der Waals surface area contributed by atoms with Gasteiger partial charge in [0, 0.05) is 11.9 Å². The van der Waals surface area contributed by atoms with Gasteiger partial charge in [-0.1, -0.05) is 0 Å². The van der Waals surface area contributed by atoms with Crippen LogP contribution in [0.4, 0.5) is 0 Å². The Kier molecular flexibility index (Phi) is 1.86. The summed E-state index contributed by atoms with van der Waals surface area (Å²) in [6.45, 7) is 1.73. The molecule has 0 saturated heterocycles. The van der Waals surface area contributed by atoms with E-state index in [-0.39, 0.29) is 4.77 Å². The van der Waals surface area contributed by atoms with Crippen molar-refractivity contribution in [3.05, 3.63) is 22.7 Å². The molecule has 0 aliphatic heterocycles. The summed E-state index contributed by atoms with van der Waals surface area (Å²) in [5.74, 6) is 0. The van der Waals surface area contributed by atoms with Gasteiger partial charge in [-0.25, -0.2) is 4.98 Å². The number of hydrogen-bond donors (Lipinski definition) is 1. The first-order valence-electron chi connectivity index (χ1n) is 2.65. The Bertz CT molecular complexity index is 382. The minimum Gasteiger partial charge on any atom is -0.334 e. The zero-order chi connectivity index (χ0) is 7.56. The van der Waals surface area contributed by atoms with E-state index in [0.717, 1.165) is 0 Å². The average molecular weight is 158 g/mol. The Balaban J connectivity index is 3.65. The van der Waals surface area contributed by atoms with Gasteiger partial charge in [0.15, 0.2) is 0 Å². The summed E-state index contributed by atoms with van der Waals surface area (Å²) in [7, 11) is -2.26. The Morgan fingerprint density at radius 2 is 2.30 bits per heavy atom. The summed E-state index contributed by atoms with van der Waals surface area (Å²) in [5, 5.41) is 0. The van der Waals surface area contributed by atoms with Crippen LogP contribution in [0, 0.1) is 11.7 Å². The number of aromatic nitrogens is 2. The molecule has 1 rings (SSSR count). The molecule has 0 aliphatic rings. The summed E-state index contributed by atoms with van der Waals surface area (Å²) in [5.41, 5.74) is 0.679. The molecule has 0 radical (unpaired) electrons. The topological polar surface area (TPSA) is 62.8 Å². The van der Waals surface area contributed by atoms with E-state index in [2.05, 4.69) is 9.97 Å². The minimum absolute atomic E-state index is 0.0278. The summed E-state index contributed by atoms with van der Waals surface area (Å²) in [6, 6.07) is 1.69. The van der Waals surface area contributed by atoms with E-state index in [9.17, 15) is 8.42 Å². The molecule has 0 amide bonds. The molecular formula is C5H6N2O2S. The van der Waals surface area contributed by atoms with Crippen molar-refractivity contribution in [2.24, 2.45) is 0 Å².